The molecule has 18 heavy (non-hydrogen) atoms. The van der Waals surface area contributed by atoms with Gasteiger partial charge in [0.05, 0.1) is 12.2 Å². The van der Waals surface area contributed by atoms with Crippen LogP contribution in [0.4, 0.5) is 4.79 Å². The van der Waals surface area contributed by atoms with Gasteiger partial charge in [0.25, 0.3) is 0 Å². The van der Waals surface area contributed by atoms with E-state index in [0.717, 1.165) is 15.0 Å². The molecule has 0 spiro atoms. The number of fused-ring (bicyclic) bond motifs is 1. The third-order valence-corrected chi connectivity index (χ3v) is 3.80. The molecule has 1 aromatic heterocycles. The van der Waals surface area contributed by atoms with E-state index in [0.29, 0.717) is 19.6 Å². The van der Waals surface area contributed by atoms with E-state index in [1.165, 1.54) is 0 Å². The van der Waals surface area contributed by atoms with E-state index in [9.17, 15) is 4.79 Å². The lowest BCUT2D eigenvalue weighted by Crippen LogP contribution is -2.41. The molecule has 0 saturated carbocycles. The highest BCUT2D eigenvalue weighted by molar-refractivity contribution is 9.11. The van der Waals surface area contributed by atoms with Crippen LogP contribution in [0, 0.1) is 0 Å². The zero-order valence-electron chi connectivity index (χ0n) is 10.5. The second-order valence-corrected chi connectivity index (χ2v) is 6.63. The summed E-state index contributed by atoms with van der Waals surface area (Å²) in [5.41, 5.74) is 0.519. The van der Waals surface area contributed by atoms with Gasteiger partial charge in [-0.05, 0) is 52.6 Å². The fourth-order valence-corrected chi connectivity index (χ4v) is 3.08. The van der Waals surface area contributed by atoms with Gasteiger partial charge in [-0.2, -0.15) is 0 Å². The van der Waals surface area contributed by atoms with Crippen LogP contribution in [0.3, 0.4) is 0 Å². The maximum absolute atomic E-state index is 12.0. The maximum Gasteiger partial charge on any atom is 0.410 e. The molecule has 1 aromatic rings. The number of carbonyl (C=O) groups excluding carboxylic acids is 1. The van der Waals surface area contributed by atoms with Crippen molar-refractivity contribution >= 4 is 38.0 Å². The minimum atomic E-state index is -0.466. The summed E-state index contributed by atoms with van der Waals surface area (Å²) in [6.07, 6.45) is -0.280. The van der Waals surface area contributed by atoms with Gasteiger partial charge >= 0.3 is 6.09 Å². The Morgan fingerprint density at radius 3 is 2.61 bits per heavy atom. The standard InChI is InChI=1S/C11H15Br2N3O2/c1-11(2,3)18-10(17)15-4-5-16-7(6-15)8(12)14-9(16)13/h4-6H2,1-3H3. The predicted octanol–water partition coefficient (Wildman–Crippen LogP) is 3.16. The zero-order chi connectivity index (χ0) is 13.5. The molecule has 0 aliphatic carbocycles. The Labute approximate surface area is 123 Å². The highest BCUT2D eigenvalue weighted by atomic mass is 79.9. The van der Waals surface area contributed by atoms with Gasteiger partial charge in [-0.25, -0.2) is 9.78 Å². The van der Waals surface area contributed by atoms with E-state index >= 15 is 0 Å². The maximum atomic E-state index is 12.0. The van der Waals surface area contributed by atoms with Crippen LogP contribution in [0.2, 0.25) is 0 Å². The molecule has 0 unspecified atom stereocenters. The number of ether oxygens (including phenoxy) is 1. The van der Waals surface area contributed by atoms with E-state index in [-0.39, 0.29) is 6.09 Å². The summed E-state index contributed by atoms with van der Waals surface area (Å²) in [7, 11) is 0. The molecule has 0 fully saturated rings. The Balaban J connectivity index is 2.12. The Morgan fingerprint density at radius 1 is 1.33 bits per heavy atom. The highest BCUT2D eigenvalue weighted by Gasteiger charge is 2.28. The van der Waals surface area contributed by atoms with Crippen molar-refractivity contribution in [1.29, 1.82) is 0 Å². The van der Waals surface area contributed by atoms with Crippen LogP contribution in [0.15, 0.2) is 9.34 Å². The number of rotatable bonds is 0. The van der Waals surface area contributed by atoms with Crippen LogP contribution in [0.1, 0.15) is 26.5 Å². The lowest BCUT2D eigenvalue weighted by molar-refractivity contribution is 0.0198. The van der Waals surface area contributed by atoms with E-state index < -0.39 is 5.60 Å². The van der Waals surface area contributed by atoms with Gasteiger partial charge in [0.15, 0.2) is 4.73 Å². The number of hydrogen-bond acceptors (Lipinski definition) is 3. The molecule has 0 aromatic carbocycles. The van der Waals surface area contributed by atoms with Crippen LogP contribution in [0.5, 0.6) is 0 Å². The normalized spacial score (nSPS) is 15.5. The molecule has 2 rings (SSSR count). The Hall–Kier alpha value is -0.560. The molecule has 5 nitrogen and oxygen atoms in total. The van der Waals surface area contributed by atoms with Crippen LogP contribution in [0.25, 0.3) is 0 Å². The highest BCUT2D eigenvalue weighted by Crippen LogP contribution is 2.26. The Morgan fingerprint density at radius 2 is 2.00 bits per heavy atom. The van der Waals surface area contributed by atoms with E-state index in [2.05, 4.69) is 36.8 Å². The molecule has 0 saturated heterocycles. The van der Waals surface area contributed by atoms with Gasteiger partial charge in [0, 0.05) is 13.1 Å². The van der Waals surface area contributed by atoms with Crippen molar-refractivity contribution in [2.24, 2.45) is 0 Å². The minimum Gasteiger partial charge on any atom is -0.444 e. The average molecular weight is 381 g/mol. The summed E-state index contributed by atoms with van der Waals surface area (Å²) in [6, 6.07) is 0. The monoisotopic (exact) mass is 379 g/mol. The number of imidazole rings is 1. The molecule has 0 bridgehead atoms. The predicted molar refractivity (Wildman–Crippen MR) is 74.3 cm³/mol. The third-order valence-electron chi connectivity index (χ3n) is 2.56. The smallest absolute Gasteiger partial charge is 0.410 e. The van der Waals surface area contributed by atoms with Crippen molar-refractivity contribution in [2.45, 2.75) is 39.5 Å². The first-order chi connectivity index (χ1) is 8.28. The first-order valence-electron chi connectivity index (χ1n) is 5.66. The molecule has 0 atom stereocenters. The summed E-state index contributed by atoms with van der Waals surface area (Å²) in [4.78, 5) is 18.0. The molecule has 0 N–H and O–H groups in total. The second kappa shape index (κ2) is 4.85. The number of halogens is 2. The lowest BCUT2D eigenvalue weighted by atomic mass is 10.2. The summed E-state index contributed by atoms with van der Waals surface area (Å²) >= 11 is 6.80. The molecular weight excluding hydrogens is 366 g/mol. The SMILES string of the molecule is CC(C)(C)OC(=O)N1CCn2c(Br)nc(Br)c2C1. The molecule has 0 radical (unpaired) electrons. The van der Waals surface area contributed by atoms with E-state index in [4.69, 9.17) is 4.74 Å². The third kappa shape index (κ3) is 2.88. The number of aromatic nitrogens is 2. The Kier molecular flexibility index (Phi) is 3.73. The molecule has 100 valence electrons. The molecule has 2 heterocycles. The van der Waals surface area contributed by atoms with E-state index in [1.807, 2.05) is 25.3 Å². The number of carbonyl (C=O) groups is 1. The fourth-order valence-electron chi connectivity index (χ4n) is 1.77. The average Bonchev–Trinajstić information content (AvgIpc) is 2.52. The topological polar surface area (TPSA) is 47.4 Å². The second-order valence-electron chi connectivity index (χ2n) is 5.17. The zero-order valence-corrected chi connectivity index (χ0v) is 13.7. The van der Waals surface area contributed by atoms with Crippen LogP contribution >= 0.6 is 31.9 Å². The fraction of sp³-hybridized carbons (Fsp3) is 0.636. The van der Waals surface area contributed by atoms with Crippen LogP contribution < -0.4 is 0 Å². The largest absolute Gasteiger partial charge is 0.444 e. The quantitative estimate of drug-likeness (QED) is 0.694. The van der Waals surface area contributed by atoms with Gasteiger partial charge in [-0.1, -0.05) is 0 Å². The summed E-state index contributed by atoms with van der Waals surface area (Å²) in [5.74, 6) is 0. The van der Waals surface area contributed by atoms with Crippen LogP contribution in [-0.4, -0.2) is 32.7 Å². The van der Waals surface area contributed by atoms with Gasteiger partial charge < -0.3 is 14.2 Å². The van der Waals surface area contributed by atoms with Gasteiger partial charge in [-0.3, -0.25) is 0 Å². The summed E-state index contributed by atoms with van der Waals surface area (Å²) < 4.78 is 8.97. The number of nitrogens with zero attached hydrogens (tertiary/aromatic N) is 3. The van der Waals surface area contributed by atoms with E-state index in [1.54, 1.807) is 4.90 Å². The lowest BCUT2D eigenvalue weighted by Gasteiger charge is -2.31. The van der Waals surface area contributed by atoms with Crippen molar-refractivity contribution in [1.82, 2.24) is 14.5 Å². The van der Waals surface area contributed by atoms with Crippen molar-refractivity contribution in [3.05, 3.63) is 15.0 Å². The van der Waals surface area contributed by atoms with Crippen molar-refractivity contribution in [2.75, 3.05) is 6.54 Å². The molecule has 1 aliphatic rings. The number of hydrogen-bond donors (Lipinski definition) is 0. The van der Waals surface area contributed by atoms with Crippen molar-refractivity contribution in [3.8, 4) is 0 Å². The van der Waals surface area contributed by atoms with Gasteiger partial charge in [0.2, 0.25) is 0 Å². The van der Waals surface area contributed by atoms with Gasteiger partial charge in [-0.15, -0.1) is 0 Å². The summed E-state index contributed by atoms with van der Waals surface area (Å²) in [5, 5.41) is 0. The first-order valence-corrected chi connectivity index (χ1v) is 7.25. The molecule has 7 heteroatoms. The minimum absolute atomic E-state index is 0.280. The van der Waals surface area contributed by atoms with Crippen LogP contribution in [-0.2, 0) is 17.8 Å². The van der Waals surface area contributed by atoms with Crippen molar-refractivity contribution < 1.29 is 9.53 Å². The van der Waals surface area contributed by atoms with Gasteiger partial charge in [0.1, 0.15) is 10.2 Å². The Bertz CT molecular complexity index is 479. The van der Waals surface area contributed by atoms with Crippen molar-refractivity contribution in [3.63, 3.8) is 0 Å². The summed E-state index contributed by atoms with van der Waals surface area (Å²) in [6.45, 7) is 7.45. The molecule has 1 aliphatic heterocycles. The molecular formula is C11H15Br2N3O2. The first kappa shape index (κ1) is 13.9. The molecule has 1 amide bonds. The number of amides is 1.